The monoisotopic (exact) mass is 753 g/mol. The molecule has 5 aromatic rings. The SMILES string of the molecule is Brc1ccc2c(c1)CCC2.CC(C)(C)c1ccc(CBr)cc1.CC(C)(C)c1ccc(CN2CCc3cc(-c4cn[nH]c4)ccc32)cc1. The second-order valence-electron chi connectivity index (χ2n) is 14.8. The molecule has 0 radical (unpaired) electrons. The van der Waals surface area contributed by atoms with Crippen molar-refractivity contribution in [2.24, 2.45) is 0 Å². The maximum atomic E-state index is 4.05. The van der Waals surface area contributed by atoms with Crippen LogP contribution in [0.3, 0.4) is 0 Å². The average molecular weight is 756 g/mol. The quantitative estimate of drug-likeness (QED) is 0.185. The number of nitrogens with zero attached hydrogens (tertiary/aromatic N) is 2. The molecule has 0 saturated carbocycles. The van der Waals surface area contributed by atoms with E-state index in [0.29, 0.717) is 0 Å². The van der Waals surface area contributed by atoms with Crippen molar-refractivity contribution in [2.75, 3.05) is 11.4 Å². The van der Waals surface area contributed by atoms with Crippen molar-refractivity contribution < 1.29 is 0 Å². The van der Waals surface area contributed by atoms with Gasteiger partial charge in [-0.3, -0.25) is 5.10 Å². The van der Waals surface area contributed by atoms with E-state index in [0.717, 1.165) is 30.4 Å². The Morgan fingerprint density at radius 1 is 0.681 bits per heavy atom. The lowest BCUT2D eigenvalue weighted by atomic mass is 9.87. The molecule has 0 unspecified atom stereocenters. The smallest absolute Gasteiger partial charge is 0.0565 e. The van der Waals surface area contributed by atoms with Crippen molar-refractivity contribution in [3.8, 4) is 11.1 Å². The van der Waals surface area contributed by atoms with Gasteiger partial charge in [-0.25, -0.2) is 0 Å². The van der Waals surface area contributed by atoms with Crippen LogP contribution in [0.1, 0.15) is 86.9 Å². The van der Waals surface area contributed by atoms with Gasteiger partial charge < -0.3 is 4.90 Å². The highest BCUT2D eigenvalue weighted by Crippen LogP contribution is 2.33. The molecule has 1 aliphatic carbocycles. The van der Waals surface area contributed by atoms with Crippen LogP contribution in [-0.4, -0.2) is 16.7 Å². The van der Waals surface area contributed by atoms with Crippen LogP contribution in [0.4, 0.5) is 5.69 Å². The number of anilines is 1. The predicted molar refractivity (Wildman–Crippen MR) is 208 cm³/mol. The van der Waals surface area contributed by atoms with Crippen molar-refractivity contribution in [3.05, 3.63) is 141 Å². The summed E-state index contributed by atoms with van der Waals surface area (Å²) in [5.74, 6) is 0. The van der Waals surface area contributed by atoms with E-state index in [9.17, 15) is 0 Å². The molecule has 4 aromatic carbocycles. The van der Waals surface area contributed by atoms with Gasteiger partial charge in [-0.1, -0.05) is 134 Å². The van der Waals surface area contributed by atoms with Gasteiger partial charge in [0.15, 0.2) is 0 Å². The van der Waals surface area contributed by atoms with Crippen LogP contribution in [0.15, 0.2) is 102 Å². The Morgan fingerprint density at radius 3 is 1.91 bits per heavy atom. The summed E-state index contributed by atoms with van der Waals surface area (Å²) in [6.45, 7) is 15.5. The Kier molecular flexibility index (Phi) is 11.5. The van der Waals surface area contributed by atoms with Crippen LogP contribution < -0.4 is 4.90 Å². The second-order valence-corrected chi connectivity index (χ2v) is 16.3. The lowest BCUT2D eigenvalue weighted by molar-refractivity contribution is 0.589. The summed E-state index contributed by atoms with van der Waals surface area (Å²) in [4.78, 5) is 2.49. The van der Waals surface area contributed by atoms with Crippen LogP contribution in [0.5, 0.6) is 0 Å². The lowest BCUT2D eigenvalue weighted by Gasteiger charge is -2.22. The van der Waals surface area contributed by atoms with E-state index in [1.54, 1.807) is 5.56 Å². The molecule has 1 N–H and O–H groups in total. The van der Waals surface area contributed by atoms with Crippen molar-refractivity contribution in [2.45, 2.75) is 89.9 Å². The van der Waals surface area contributed by atoms with Gasteiger partial charge >= 0.3 is 0 Å². The predicted octanol–water partition coefficient (Wildman–Crippen LogP) is 11.8. The zero-order valence-corrected chi connectivity index (χ0v) is 32.0. The molecule has 0 saturated heterocycles. The first-order valence-corrected chi connectivity index (χ1v) is 18.7. The molecule has 2 heterocycles. The number of hydrogen-bond acceptors (Lipinski definition) is 2. The van der Waals surface area contributed by atoms with Crippen molar-refractivity contribution >= 4 is 37.5 Å². The number of aromatic nitrogens is 2. The van der Waals surface area contributed by atoms with Crippen molar-refractivity contribution in [1.29, 1.82) is 0 Å². The van der Waals surface area contributed by atoms with Gasteiger partial charge in [-0.05, 0) is 105 Å². The molecule has 0 amide bonds. The van der Waals surface area contributed by atoms with Gasteiger partial charge in [0.25, 0.3) is 0 Å². The number of hydrogen-bond donors (Lipinski definition) is 1. The third-order valence-corrected chi connectivity index (χ3v) is 10.3. The summed E-state index contributed by atoms with van der Waals surface area (Å²) in [6.07, 6.45) is 8.83. The molecule has 0 bridgehead atoms. The van der Waals surface area contributed by atoms with Crippen molar-refractivity contribution in [1.82, 2.24) is 10.2 Å². The second kappa shape index (κ2) is 15.4. The first-order chi connectivity index (χ1) is 22.4. The van der Waals surface area contributed by atoms with E-state index in [-0.39, 0.29) is 10.8 Å². The minimum atomic E-state index is 0.211. The topological polar surface area (TPSA) is 31.9 Å². The molecule has 47 heavy (non-hydrogen) atoms. The molecule has 0 atom stereocenters. The normalized spacial score (nSPS) is 13.7. The number of alkyl halides is 1. The van der Waals surface area contributed by atoms with E-state index in [1.165, 1.54) is 68.4 Å². The zero-order valence-electron chi connectivity index (χ0n) is 28.8. The van der Waals surface area contributed by atoms with Gasteiger partial charge in [-0.2, -0.15) is 5.10 Å². The molecular weight excluding hydrogens is 706 g/mol. The van der Waals surface area contributed by atoms with Gasteiger partial charge in [0, 0.05) is 40.3 Å². The number of fused-ring (bicyclic) bond motifs is 2. The third-order valence-electron chi connectivity index (χ3n) is 9.13. The molecule has 1 aromatic heterocycles. The molecule has 1 aliphatic heterocycles. The highest BCUT2D eigenvalue weighted by Gasteiger charge is 2.20. The first-order valence-electron chi connectivity index (χ1n) is 16.8. The Balaban J connectivity index is 0.000000163. The van der Waals surface area contributed by atoms with E-state index < -0.39 is 0 Å². The van der Waals surface area contributed by atoms with E-state index in [4.69, 9.17) is 0 Å². The maximum absolute atomic E-state index is 4.05. The molecule has 2 aliphatic rings. The van der Waals surface area contributed by atoms with Crippen LogP contribution in [0.25, 0.3) is 11.1 Å². The standard InChI is InChI=1S/C22H25N3.C11H15Br.C9H9Br/c1-22(2,3)20-7-4-16(5-8-20)15-25-11-10-18-12-17(6-9-21(18)25)19-13-23-24-14-19;1-11(2,3)10-6-4-9(8-12)5-7-10;10-9-5-4-7-2-1-3-8(7)6-9/h4-9,12-14H,10-11,15H2,1-3H3,(H,23,24);4-7H,8H2,1-3H3;4-6H,1-3H2. The molecule has 3 nitrogen and oxygen atoms in total. The fourth-order valence-corrected chi connectivity index (χ4v) is 6.97. The van der Waals surface area contributed by atoms with Crippen LogP contribution in [0.2, 0.25) is 0 Å². The van der Waals surface area contributed by atoms with Gasteiger partial charge in [-0.15, -0.1) is 0 Å². The number of halogens is 2. The Hall–Kier alpha value is -3.15. The zero-order chi connectivity index (χ0) is 33.6. The summed E-state index contributed by atoms with van der Waals surface area (Å²) < 4.78 is 1.22. The number of benzene rings is 4. The molecule has 0 spiro atoms. The van der Waals surface area contributed by atoms with Gasteiger partial charge in [0.05, 0.1) is 6.20 Å². The minimum Gasteiger partial charge on any atom is -0.367 e. The first kappa shape index (κ1) is 35.2. The summed E-state index contributed by atoms with van der Waals surface area (Å²) >= 11 is 6.90. The highest BCUT2D eigenvalue weighted by molar-refractivity contribution is 9.10. The van der Waals surface area contributed by atoms with E-state index in [1.807, 2.05) is 12.4 Å². The van der Waals surface area contributed by atoms with Gasteiger partial charge in [0.2, 0.25) is 0 Å². The number of aryl methyl sites for hydroxylation is 2. The van der Waals surface area contributed by atoms with Crippen LogP contribution in [0, 0.1) is 0 Å². The third kappa shape index (κ3) is 9.48. The largest absolute Gasteiger partial charge is 0.367 e. The maximum Gasteiger partial charge on any atom is 0.0565 e. The van der Waals surface area contributed by atoms with Crippen molar-refractivity contribution in [3.63, 3.8) is 0 Å². The van der Waals surface area contributed by atoms with Crippen LogP contribution in [-0.2, 0) is 42.0 Å². The summed E-state index contributed by atoms with van der Waals surface area (Å²) in [5, 5.41) is 7.89. The number of aromatic amines is 1. The van der Waals surface area contributed by atoms with Crippen LogP contribution >= 0.6 is 31.9 Å². The fraction of sp³-hybridized carbons (Fsp3) is 0.357. The van der Waals surface area contributed by atoms with E-state index in [2.05, 4.69) is 173 Å². The average Bonchev–Trinajstić information content (AvgIpc) is 3.83. The van der Waals surface area contributed by atoms with Gasteiger partial charge in [0.1, 0.15) is 0 Å². The summed E-state index contributed by atoms with van der Waals surface area (Å²) in [7, 11) is 0. The van der Waals surface area contributed by atoms with E-state index >= 15 is 0 Å². The number of rotatable bonds is 4. The fourth-order valence-electron chi connectivity index (χ4n) is 6.19. The molecule has 0 fully saturated rings. The molecule has 246 valence electrons. The number of H-pyrrole nitrogens is 1. The Morgan fingerprint density at radius 2 is 1.32 bits per heavy atom. The Bertz CT molecular complexity index is 1730. The minimum absolute atomic E-state index is 0.211. The molecule has 5 heteroatoms. The summed E-state index contributed by atoms with van der Waals surface area (Å²) in [6, 6.07) is 31.2. The molecule has 7 rings (SSSR count). The summed E-state index contributed by atoms with van der Waals surface area (Å²) in [5.41, 5.74) is 14.3. The lowest BCUT2D eigenvalue weighted by Crippen LogP contribution is -2.19. The highest BCUT2D eigenvalue weighted by atomic mass is 79.9. The number of nitrogens with one attached hydrogen (secondary N) is 1. The Labute approximate surface area is 299 Å². The molecular formula is C42H49Br2N3.